The van der Waals surface area contributed by atoms with Crippen LogP contribution in [0.5, 0.6) is 0 Å². The van der Waals surface area contributed by atoms with Crippen molar-refractivity contribution in [2.45, 2.75) is 13.3 Å². The molecule has 2 aromatic rings. The number of nitrogens with zero attached hydrogens (tertiary/aromatic N) is 1. The summed E-state index contributed by atoms with van der Waals surface area (Å²) in [5.41, 5.74) is 2.48. The van der Waals surface area contributed by atoms with Gasteiger partial charge in [0.15, 0.2) is 5.78 Å². The third-order valence-corrected chi connectivity index (χ3v) is 3.00. The minimum Gasteiger partial charge on any atom is -0.289 e. The topological polar surface area (TPSA) is 30.0 Å². The Morgan fingerprint density at radius 2 is 2.06 bits per heavy atom. The van der Waals surface area contributed by atoms with Crippen molar-refractivity contribution in [3.05, 3.63) is 63.9 Å². The highest BCUT2D eigenvalue weighted by Gasteiger charge is 2.09. The Morgan fingerprint density at radius 3 is 2.76 bits per heavy atom. The molecule has 2 rings (SSSR count). The molecule has 17 heavy (non-hydrogen) atoms. The molecule has 86 valence electrons. The van der Waals surface area contributed by atoms with Crippen molar-refractivity contribution in [1.82, 2.24) is 4.98 Å². The number of benzene rings is 1. The van der Waals surface area contributed by atoms with Crippen LogP contribution in [0.15, 0.2) is 47.2 Å². The summed E-state index contributed by atoms with van der Waals surface area (Å²) >= 11 is 3.32. The largest absolute Gasteiger partial charge is 0.289 e. The highest BCUT2D eigenvalue weighted by molar-refractivity contribution is 9.10. The Morgan fingerprint density at radius 1 is 1.24 bits per heavy atom. The fourth-order valence-electron chi connectivity index (χ4n) is 1.64. The molecule has 1 aromatic heterocycles. The van der Waals surface area contributed by atoms with Crippen LogP contribution in [0.1, 0.15) is 28.4 Å². The van der Waals surface area contributed by atoms with Crippen molar-refractivity contribution < 1.29 is 4.79 Å². The summed E-state index contributed by atoms with van der Waals surface area (Å²) in [7, 11) is 0. The van der Waals surface area contributed by atoms with Gasteiger partial charge in [-0.1, -0.05) is 25.1 Å². The zero-order valence-corrected chi connectivity index (χ0v) is 11.1. The minimum absolute atomic E-state index is 0.00843. The first-order chi connectivity index (χ1) is 8.20. The Bertz CT molecular complexity index is 551. The van der Waals surface area contributed by atoms with Gasteiger partial charge in [-0.2, -0.15) is 0 Å². The first-order valence-corrected chi connectivity index (χ1v) is 6.24. The molecule has 1 aromatic carbocycles. The number of carbonyl (C=O) groups excluding carboxylic acids is 1. The molecule has 0 saturated heterocycles. The summed E-state index contributed by atoms with van der Waals surface area (Å²) in [4.78, 5) is 16.2. The van der Waals surface area contributed by atoms with E-state index in [1.807, 2.05) is 24.3 Å². The molecule has 3 heteroatoms. The number of hydrogen-bond acceptors (Lipinski definition) is 2. The third-order valence-electron chi connectivity index (χ3n) is 2.56. The van der Waals surface area contributed by atoms with Gasteiger partial charge in [0, 0.05) is 28.0 Å². The second-order valence-corrected chi connectivity index (χ2v) is 4.69. The van der Waals surface area contributed by atoms with E-state index in [0.29, 0.717) is 11.1 Å². The van der Waals surface area contributed by atoms with Crippen LogP contribution in [0.4, 0.5) is 0 Å². The SMILES string of the molecule is CCc1cccc(C(=O)c2cncc(Br)c2)c1. The maximum atomic E-state index is 12.2. The predicted octanol–water partition coefficient (Wildman–Crippen LogP) is 3.64. The van der Waals surface area contributed by atoms with Crippen LogP contribution in [-0.2, 0) is 6.42 Å². The molecular formula is C14H12BrNO. The fraction of sp³-hybridized carbons (Fsp3) is 0.143. The number of hydrogen-bond donors (Lipinski definition) is 0. The molecule has 0 aliphatic heterocycles. The monoisotopic (exact) mass is 289 g/mol. The van der Waals surface area contributed by atoms with Crippen LogP contribution in [0.2, 0.25) is 0 Å². The summed E-state index contributed by atoms with van der Waals surface area (Å²) in [6.07, 6.45) is 4.18. The molecule has 2 nitrogen and oxygen atoms in total. The van der Waals surface area contributed by atoms with E-state index in [2.05, 4.69) is 27.8 Å². The molecule has 0 aliphatic rings. The molecule has 0 radical (unpaired) electrons. The molecule has 0 saturated carbocycles. The lowest BCUT2D eigenvalue weighted by atomic mass is 10.0. The molecule has 0 fully saturated rings. The zero-order valence-electron chi connectivity index (χ0n) is 9.48. The van der Waals surface area contributed by atoms with Gasteiger partial charge in [-0.25, -0.2) is 0 Å². The molecule has 0 N–H and O–H groups in total. The standard InChI is InChI=1S/C14H12BrNO/c1-2-10-4-3-5-11(6-10)14(17)12-7-13(15)9-16-8-12/h3-9H,2H2,1H3. The van der Waals surface area contributed by atoms with E-state index >= 15 is 0 Å². The van der Waals surface area contributed by atoms with E-state index in [-0.39, 0.29) is 5.78 Å². The first-order valence-electron chi connectivity index (χ1n) is 5.45. The van der Waals surface area contributed by atoms with Crippen molar-refractivity contribution in [1.29, 1.82) is 0 Å². The molecule has 1 heterocycles. The average Bonchev–Trinajstić information content (AvgIpc) is 2.38. The van der Waals surface area contributed by atoms with Crippen LogP contribution in [0.3, 0.4) is 0 Å². The van der Waals surface area contributed by atoms with Crippen molar-refractivity contribution in [2.24, 2.45) is 0 Å². The van der Waals surface area contributed by atoms with Crippen molar-refractivity contribution in [3.63, 3.8) is 0 Å². The molecule has 0 aliphatic carbocycles. The second kappa shape index (κ2) is 5.23. The van der Waals surface area contributed by atoms with Gasteiger partial charge in [0.05, 0.1) is 0 Å². The Hall–Kier alpha value is -1.48. The summed E-state index contributed by atoms with van der Waals surface area (Å²) in [6.45, 7) is 2.07. The number of aromatic nitrogens is 1. The Kier molecular flexibility index (Phi) is 3.69. The van der Waals surface area contributed by atoms with Gasteiger partial charge in [-0.15, -0.1) is 0 Å². The number of ketones is 1. The van der Waals surface area contributed by atoms with Gasteiger partial charge in [0.1, 0.15) is 0 Å². The van der Waals surface area contributed by atoms with Gasteiger partial charge in [-0.3, -0.25) is 9.78 Å². The van der Waals surface area contributed by atoms with Crippen molar-refractivity contribution in [2.75, 3.05) is 0 Å². The van der Waals surface area contributed by atoms with Crippen LogP contribution in [0, 0.1) is 0 Å². The lowest BCUT2D eigenvalue weighted by Crippen LogP contribution is -2.02. The van der Waals surface area contributed by atoms with E-state index in [4.69, 9.17) is 0 Å². The Balaban J connectivity index is 2.36. The predicted molar refractivity (Wildman–Crippen MR) is 71.2 cm³/mol. The summed E-state index contributed by atoms with van der Waals surface area (Å²) in [5.74, 6) is 0.00843. The lowest BCUT2D eigenvalue weighted by molar-refractivity contribution is 0.103. The molecule has 0 unspecified atom stereocenters. The first kappa shape index (κ1) is 12.0. The molecule has 0 atom stereocenters. The van der Waals surface area contributed by atoms with E-state index in [1.165, 1.54) is 5.56 Å². The lowest BCUT2D eigenvalue weighted by Gasteiger charge is -2.03. The zero-order chi connectivity index (χ0) is 12.3. The van der Waals surface area contributed by atoms with E-state index < -0.39 is 0 Å². The normalized spacial score (nSPS) is 10.2. The van der Waals surface area contributed by atoms with Crippen LogP contribution < -0.4 is 0 Å². The number of rotatable bonds is 3. The third kappa shape index (κ3) is 2.80. The maximum Gasteiger partial charge on any atom is 0.194 e. The molecule has 0 spiro atoms. The average molecular weight is 290 g/mol. The Labute approximate surface area is 109 Å². The number of carbonyl (C=O) groups is 1. The highest BCUT2D eigenvalue weighted by atomic mass is 79.9. The van der Waals surface area contributed by atoms with Crippen molar-refractivity contribution in [3.8, 4) is 0 Å². The van der Waals surface area contributed by atoms with E-state index in [0.717, 1.165) is 10.9 Å². The van der Waals surface area contributed by atoms with Gasteiger partial charge >= 0.3 is 0 Å². The number of halogens is 1. The smallest absolute Gasteiger partial charge is 0.194 e. The number of pyridine rings is 1. The highest BCUT2D eigenvalue weighted by Crippen LogP contribution is 2.15. The van der Waals surface area contributed by atoms with E-state index in [1.54, 1.807) is 18.5 Å². The molecular weight excluding hydrogens is 278 g/mol. The van der Waals surface area contributed by atoms with Crippen LogP contribution in [-0.4, -0.2) is 10.8 Å². The summed E-state index contributed by atoms with van der Waals surface area (Å²) < 4.78 is 0.815. The fourth-order valence-corrected chi connectivity index (χ4v) is 2.00. The quantitative estimate of drug-likeness (QED) is 0.808. The summed E-state index contributed by atoms with van der Waals surface area (Å²) in [6, 6.07) is 9.49. The van der Waals surface area contributed by atoms with Crippen LogP contribution >= 0.6 is 15.9 Å². The number of aryl methyl sites for hydroxylation is 1. The molecule has 0 amide bonds. The second-order valence-electron chi connectivity index (χ2n) is 3.77. The van der Waals surface area contributed by atoms with E-state index in [9.17, 15) is 4.79 Å². The summed E-state index contributed by atoms with van der Waals surface area (Å²) in [5, 5.41) is 0. The van der Waals surface area contributed by atoms with Gasteiger partial charge in [0.2, 0.25) is 0 Å². The van der Waals surface area contributed by atoms with Gasteiger partial charge in [0.25, 0.3) is 0 Å². The van der Waals surface area contributed by atoms with Gasteiger partial charge < -0.3 is 0 Å². The van der Waals surface area contributed by atoms with Crippen molar-refractivity contribution >= 4 is 21.7 Å². The van der Waals surface area contributed by atoms with Crippen LogP contribution in [0.25, 0.3) is 0 Å². The van der Waals surface area contributed by atoms with Gasteiger partial charge in [-0.05, 0) is 40.0 Å². The minimum atomic E-state index is 0.00843. The maximum absolute atomic E-state index is 12.2. The molecule has 0 bridgehead atoms.